The van der Waals surface area contributed by atoms with Crippen molar-refractivity contribution in [3.8, 4) is 11.5 Å². The van der Waals surface area contributed by atoms with Crippen LogP contribution in [0.15, 0.2) is 66.0 Å². The summed E-state index contributed by atoms with van der Waals surface area (Å²) in [4.78, 5) is 13.2. The zero-order valence-corrected chi connectivity index (χ0v) is 14.2. The Morgan fingerprint density at radius 1 is 1.00 bits per heavy atom. The maximum absolute atomic E-state index is 12.1. The third-order valence-electron chi connectivity index (χ3n) is 3.38. The zero-order chi connectivity index (χ0) is 17.5. The van der Waals surface area contributed by atoms with Gasteiger partial charge in [0.25, 0.3) is 0 Å². The fraction of sp³-hybridized carbons (Fsp3) is 0.0556. The summed E-state index contributed by atoms with van der Waals surface area (Å²) in [5, 5.41) is 7.56. The zero-order valence-electron chi connectivity index (χ0n) is 13.4. The minimum Gasteiger partial charge on any atom is -0.457 e. The van der Waals surface area contributed by atoms with E-state index in [0.717, 1.165) is 4.88 Å². The van der Waals surface area contributed by atoms with Crippen LogP contribution in [0.3, 0.4) is 0 Å². The van der Waals surface area contributed by atoms with E-state index < -0.39 is 0 Å². The van der Waals surface area contributed by atoms with Crippen molar-refractivity contribution in [2.24, 2.45) is 5.84 Å². The van der Waals surface area contributed by atoms with Crippen molar-refractivity contribution in [3.05, 3.63) is 70.9 Å². The summed E-state index contributed by atoms with van der Waals surface area (Å²) in [5.74, 6) is 6.83. The van der Waals surface area contributed by atoms with E-state index in [4.69, 9.17) is 10.6 Å². The van der Waals surface area contributed by atoms with Gasteiger partial charge in [0.15, 0.2) is 0 Å². The number of para-hydroxylation sites is 1. The summed E-state index contributed by atoms with van der Waals surface area (Å²) in [6, 6.07) is 18.2. The van der Waals surface area contributed by atoms with Gasteiger partial charge in [-0.2, -0.15) is 0 Å². The molecule has 0 aliphatic carbocycles. The number of urea groups is 1. The molecule has 2 amide bonds. The highest BCUT2D eigenvalue weighted by molar-refractivity contribution is 7.09. The second-order valence-electron chi connectivity index (χ2n) is 5.15. The van der Waals surface area contributed by atoms with Crippen LogP contribution in [0.5, 0.6) is 11.5 Å². The average molecular weight is 354 g/mol. The number of carbonyl (C=O) groups excluding carboxylic acids is 1. The number of benzene rings is 2. The molecule has 0 aliphatic heterocycles. The fourth-order valence-electron chi connectivity index (χ4n) is 2.19. The number of thiophene rings is 1. The van der Waals surface area contributed by atoms with E-state index in [1.54, 1.807) is 29.5 Å². The Bertz CT molecular complexity index is 822. The third kappa shape index (κ3) is 4.72. The SMILES string of the molecule is NNc1ccc(Oc2ccccc2)cc1NC(=O)NCc1cccs1. The van der Waals surface area contributed by atoms with Gasteiger partial charge in [0.1, 0.15) is 11.5 Å². The molecule has 2 aromatic carbocycles. The van der Waals surface area contributed by atoms with Gasteiger partial charge in [-0.1, -0.05) is 24.3 Å². The average Bonchev–Trinajstić information content (AvgIpc) is 3.15. The third-order valence-corrected chi connectivity index (χ3v) is 4.25. The van der Waals surface area contributed by atoms with Gasteiger partial charge in [-0.15, -0.1) is 11.3 Å². The number of hydrogen-bond donors (Lipinski definition) is 4. The number of hydrazine groups is 1. The van der Waals surface area contributed by atoms with E-state index in [1.165, 1.54) is 0 Å². The second kappa shape index (κ2) is 8.18. The highest BCUT2D eigenvalue weighted by atomic mass is 32.1. The molecule has 0 atom stereocenters. The normalized spacial score (nSPS) is 10.1. The molecule has 6 nitrogen and oxygen atoms in total. The summed E-state index contributed by atoms with van der Waals surface area (Å²) in [7, 11) is 0. The molecule has 3 rings (SSSR count). The van der Waals surface area contributed by atoms with E-state index in [0.29, 0.717) is 29.4 Å². The highest BCUT2D eigenvalue weighted by Gasteiger charge is 2.09. The van der Waals surface area contributed by atoms with Crippen LogP contribution in [0.1, 0.15) is 4.88 Å². The smallest absolute Gasteiger partial charge is 0.319 e. The predicted molar refractivity (Wildman–Crippen MR) is 101 cm³/mol. The molecule has 5 N–H and O–H groups in total. The highest BCUT2D eigenvalue weighted by Crippen LogP contribution is 2.29. The van der Waals surface area contributed by atoms with Crippen molar-refractivity contribution < 1.29 is 9.53 Å². The van der Waals surface area contributed by atoms with Gasteiger partial charge < -0.3 is 20.8 Å². The molecule has 128 valence electrons. The summed E-state index contributed by atoms with van der Waals surface area (Å²) < 4.78 is 5.78. The number of amides is 2. The van der Waals surface area contributed by atoms with Crippen molar-refractivity contribution >= 4 is 28.7 Å². The Balaban J connectivity index is 1.68. The van der Waals surface area contributed by atoms with E-state index in [1.807, 2.05) is 47.8 Å². The molecule has 1 heterocycles. The van der Waals surface area contributed by atoms with Crippen LogP contribution in [-0.2, 0) is 6.54 Å². The lowest BCUT2D eigenvalue weighted by molar-refractivity contribution is 0.252. The summed E-state index contributed by atoms with van der Waals surface area (Å²) >= 11 is 1.59. The molecule has 0 saturated carbocycles. The van der Waals surface area contributed by atoms with Gasteiger partial charge >= 0.3 is 6.03 Å². The molecule has 0 fully saturated rings. The second-order valence-corrected chi connectivity index (χ2v) is 6.19. The number of nitrogen functional groups attached to an aromatic ring is 1. The molecule has 0 unspecified atom stereocenters. The molecular formula is C18H18N4O2S. The summed E-state index contributed by atoms with van der Waals surface area (Å²) in [5.41, 5.74) is 3.68. The minimum atomic E-state index is -0.318. The number of rotatable bonds is 6. The van der Waals surface area contributed by atoms with Crippen LogP contribution in [0.2, 0.25) is 0 Å². The molecule has 7 heteroatoms. The van der Waals surface area contributed by atoms with Crippen LogP contribution in [0, 0.1) is 0 Å². The fourth-order valence-corrected chi connectivity index (χ4v) is 2.83. The van der Waals surface area contributed by atoms with E-state index >= 15 is 0 Å². The van der Waals surface area contributed by atoms with Gasteiger partial charge in [0.05, 0.1) is 17.9 Å². The van der Waals surface area contributed by atoms with Gasteiger partial charge in [0.2, 0.25) is 0 Å². The van der Waals surface area contributed by atoms with Crippen molar-refractivity contribution in [3.63, 3.8) is 0 Å². The number of anilines is 2. The largest absolute Gasteiger partial charge is 0.457 e. The van der Waals surface area contributed by atoms with Crippen LogP contribution in [-0.4, -0.2) is 6.03 Å². The van der Waals surface area contributed by atoms with Crippen molar-refractivity contribution in [2.45, 2.75) is 6.54 Å². The molecule has 0 aliphatic rings. The Hall–Kier alpha value is -3.03. The van der Waals surface area contributed by atoms with Crippen molar-refractivity contribution in [2.75, 3.05) is 10.7 Å². The maximum Gasteiger partial charge on any atom is 0.319 e. The van der Waals surface area contributed by atoms with Crippen LogP contribution in [0.4, 0.5) is 16.2 Å². The van der Waals surface area contributed by atoms with E-state index in [9.17, 15) is 4.79 Å². The van der Waals surface area contributed by atoms with E-state index in [2.05, 4.69) is 16.1 Å². The topological polar surface area (TPSA) is 88.4 Å². The van der Waals surface area contributed by atoms with Gasteiger partial charge in [-0.25, -0.2) is 4.79 Å². The number of ether oxygens (including phenoxy) is 1. The van der Waals surface area contributed by atoms with Crippen molar-refractivity contribution in [1.29, 1.82) is 0 Å². The lowest BCUT2D eigenvalue weighted by atomic mass is 10.2. The summed E-state index contributed by atoms with van der Waals surface area (Å²) in [6.45, 7) is 0.467. The van der Waals surface area contributed by atoms with Gasteiger partial charge in [-0.3, -0.25) is 5.84 Å². The Morgan fingerprint density at radius 3 is 2.56 bits per heavy atom. The number of carbonyl (C=O) groups is 1. The van der Waals surface area contributed by atoms with Crippen LogP contribution in [0.25, 0.3) is 0 Å². The van der Waals surface area contributed by atoms with Crippen LogP contribution >= 0.6 is 11.3 Å². The quantitative estimate of drug-likeness (QED) is 0.395. The Morgan fingerprint density at radius 2 is 1.84 bits per heavy atom. The number of hydrogen-bond acceptors (Lipinski definition) is 5. The number of nitrogens with one attached hydrogen (secondary N) is 3. The first-order valence-electron chi connectivity index (χ1n) is 7.65. The molecule has 0 saturated heterocycles. The first-order chi connectivity index (χ1) is 12.2. The first-order valence-corrected chi connectivity index (χ1v) is 8.53. The lowest BCUT2D eigenvalue weighted by Crippen LogP contribution is -2.28. The monoisotopic (exact) mass is 354 g/mol. The van der Waals surface area contributed by atoms with Crippen molar-refractivity contribution in [1.82, 2.24) is 5.32 Å². The molecular weight excluding hydrogens is 336 g/mol. The molecule has 3 aromatic rings. The Kier molecular flexibility index (Phi) is 5.50. The Labute approximate surface area is 149 Å². The van der Waals surface area contributed by atoms with Gasteiger partial charge in [-0.05, 0) is 35.7 Å². The first kappa shape index (κ1) is 16.8. The molecule has 25 heavy (non-hydrogen) atoms. The number of nitrogens with two attached hydrogens (primary N) is 1. The van der Waals surface area contributed by atoms with Crippen LogP contribution < -0.4 is 26.6 Å². The molecule has 0 radical (unpaired) electrons. The standard InChI is InChI=1S/C18H18N4O2S/c19-22-16-9-8-14(24-13-5-2-1-3-6-13)11-17(16)21-18(23)20-12-15-7-4-10-25-15/h1-11,22H,12,19H2,(H2,20,21,23). The lowest BCUT2D eigenvalue weighted by Gasteiger charge is -2.13. The minimum absolute atomic E-state index is 0.318. The predicted octanol–water partition coefficient (Wildman–Crippen LogP) is 4.15. The van der Waals surface area contributed by atoms with E-state index in [-0.39, 0.29) is 6.03 Å². The molecule has 0 spiro atoms. The molecule has 0 bridgehead atoms. The maximum atomic E-state index is 12.1. The molecule has 1 aromatic heterocycles. The van der Waals surface area contributed by atoms with Gasteiger partial charge in [0, 0.05) is 10.9 Å². The summed E-state index contributed by atoms with van der Waals surface area (Å²) in [6.07, 6.45) is 0.